The predicted octanol–water partition coefficient (Wildman–Crippen LogP) is 6.20. The minimum absolute atomic E-state index is 0.0470. The van der Waals surface area contributed by atoms with Crippen molar-refractivity contribution >= 4 is 0 Å². The van der Waals surface area contributed by atoms with Gasteiger partial charge in [-0.2, -0.15) is 0 Å². The van der Waals surface area contributed by atoms with Gasteiger partial charge in [-0.25, -0.2) is 0 Å². The highest BCUT2D eigenvalue weighted by atomic mass is 16.7. The Kier molecular flexibility index (Phi) is 7.53. The smallest absolute Gasteiger partial charge is 0.154 e. The topological polar surface area (TPSA) is 18.5 Å². The maximum Gasteiger partial charge on any atom is 0.154 e. The molecular formula is C26H40O2. The molecule has 0 N–H and O–H groups in total. The summed E-state index contributed by atoms with van der Waals surface area (Å²) in [5, 5.41) is 0. The van der Waals surface area contributed by atoms with Gasteiger partial charge < -0.3 is 9.47 Å². The Labute approximate surface area is 173 Å². The predicted molar refractivity (Wildman–Crippen MR) is 115 cm³/mol. The SMILES string of the molecule is CC#CC1(CC2CCC(C#CC)(CC3COC(C)OC3)CC2)CCC(C)CC1. The summed E-state index contributed by atoms with van der Waals surface area (Å²) in [4.78, 5) is 0. The van der Waals surface area contributed by atoms with Crippen molar-refractivity contribution < 1.29 is 9.47 Å². The van der Waals surface area contributed by atoms with Crippen molar-refractivity contribution in [3.63, 3.8) is 0 Å². The van der Waals surface area contributed by atoms with E-state index in [1.807, 2.05) is 20.8 Å². The fourth-order valence-electron chi connectivity index (χ4n) is 5.90. The van der Waals surface area contributed by atoms with Crippen molar-refractivity contribution in [2.45, 2.75) is 98.2 Å². The van der Waals surface area contributed by atoms with Crippen LogP contribution in [0.3, 0.4) is 0 Å². The summed E-state index contributed by atoms with van der Waals surface area (Å²) >= 11 is 0. The zero-order valence-electron chi connectivity index (χ0n) is 18.6. The molecule has 1 saturated heterocycles. The summed E-state index contributed by atoms with van der Waals surface area (Å²) in [5.41, 5.74) is 0.470. The van der Waals surface area contributed by atoms with Gasteiger partial charge in [0.2, 0.25) is 0 Å². The molecule has 0 aromatic rings. The molecule has 0 aromatic carbocycles. The van der Waals surface area contributed by atoms with Crippen LogP contribution in [0.15, 0.2) is 0 Å². The molecular weight excluding hydrogens is 344 g/mol. The molecule has 0 amide bonds. The minimum atomic E-state index is -0.0470. The summed E-state index contributed by atoms with van der Waals surface area (Å²) in [6, 6.07) is 0. The van der Waals surface area contributed by atoms with E-state index < -0.39 is 0 Å². The monoisotopic (exact) mass is 384 g/mol. The van der Waals surface area contributed by atoms with Gasteiger partial charge in [0.15, 0.2) is 6.29 Å². The first-order chi connectivity index (χ1) is 13.5. The van der Waals surface area contributed by atoms with Crippen LogP contribution in [-0.4, -0.2) is 19.5 Å². The molecule has 0 spiro atoms. The lowest BCUT2D eigenvalue weighted by atomic mass is 9.61. The lowest BCUT2D eigenvalue weighted by Crippen LogP contribution is -2.37. The molecule has 2 heteroatoms. The molecule has 3 rings (SSSR count). The molecule has 3 fully saturated rings. The first-order valence-electron chi connectivity index (χ1n) is 11.6. The average molecular weight is 385 g/mol. The van der Waals surface area contributed by atoms with Crippen molar-refractivity contribution in [2.24, 2.45) is 28.6 Å². The van der Waals surface area contributed by atoms with E-state index in [9.17, 15) is 0 Å². The summed E-state index contributed by atoms with van der Waals surface area (Å²) in [6.45, 7) is 10.1. The third-order valence-corrected chi connectivity index (χ3v) is 7.57. The Morgan fingerprint density at radius 3 is 1.68 bits per heavy atom. The van der Waals surface area contributed by atoms with Crippen LogP contribution in [0.25, 0.3) is 0 Å². The van der Waals surface area contributed by atoms with Crippen molar-refractivity contribution in [1.29, 1.82) is 0 Å². The first kappa shape index (κ1) is 21.7. The molecule has 1 heterocycles. The highest BCUT2D eigenvalue weighted by molar-refractivity contribution is 5.15. The zero-order valence-corrected chi connectivity index (χ0v) is 18.6. The Morgan fingerprint density at radius 2 is 1.18 bits per heavy atom. The second kappa shape index (κ2) is 9.69. The second-order valence-corrected chi connectivity index (χ2v) is 9.95. The van der Waals surface area contributed by atoms with Crippen LogP contribution in [0.4, 0.5) is 0 Å². The number of hydrogen-bond donors (Lipinski definition) is 0. The van der Waals surface area contributed by atoms with E-state index in [4.69, 9.17) is 9.47 Å². The third-order valence-electron chi connectivity index (χ3n) is 7.57. The summed E-state index contributed by atoms with van der Waals surface area (Å²) in [6.07, 6.45) is 12.8. The molecule has 1 aliphatic heterocycles. The maximum atomic E-state index is 5.74. The molecule has 0 aromatic heterocycles. The van der Waals surface area contributed by atoms with Gasteiger partial charge >= 0.3 is 0 Å². The van der Waals surface area contributed by atoms with Crippen LogP contribution in [0.2, 0.25) is 0 Å². The van der Waals surface area contributed by atoms with Crippen molar-refractivity contribution in [1.82, 2.24) is 0 Å². The van der Waals surface area contributed by atoms with E-state index in [0.29, 0.717) is 11.3 Å². The van der Waals surface area contributed by atoms with Crippen LogP contribution in [0.5, 0.6) is 0 Å². The van der Waals surface area contributed by atoms with E-state index in [1.165, 1.54) is 57.8 Å². The number of ether oxygens (including phenoxy) is 2. The zero-order chi connectivity index (χ0) is 20.0. The van der Waals surface area contributed by atoms with Crippen molar-refractivity contribution in [2.75, 3.05) is 13.2 Å². The highest BCUT2D eigenvalue weighted by Crippen LogP contribution is 2.49. The maximum absolute atomic E-state index is 5.74. The van der Waals surface area contributed by atoms with Gasteiger partial charge in [0.25, 0.3) is 0 Å². The largest absolute Gasteiger partial charge is 0.353 e. The fourth-order valence-corrected chi connectivity index (χ4v) is 5.90. The lowest BCUT2D eigenvalue weighted by Gasteiger charge is -2.43. The molecule has 156 valence electrons. The van der Waals surface area contributed by atoms with Crippen LogP contribution in [0.1, 0.15) is 91.9 Å². The van der Waals surface area contributed by atoms with Gasteiger partial charge in [-0.05, 0) is 96.8 Å². The Hall–Kier alpha value is -0.960. The molecule has 2 aliphatic carbocycles. The summed E-state index contributed by atoms with van der Waals surface area (Å²) < 4.78 is 11.5. The summed E-state index contributed by atoms with van der Waals surface area (Å²) in [5.74, 6) is 16.0. The Balaban J connectivity index is 1.58. The van der Waals surface area contributed by atoms with Gasteiger partial charge in [-0.15, -0.1) is 11.8 Å². The van der Waals surface area contributed by atoms with E-state index in [1.54, 1.807) is 0 Å². The van der Waals surface area contributed by atoms with Gasteiger partial charge in [-0.3, -0.25) is 0 Å². The van der Waals surface area contributed by atoms with Gasteiger partial charge in [0.1, 0.15) is 0 Å². The van der Waals surface area contributed by atoms with Crippen LogP contribution >= 0.6 is 0 Å². The van der Waals surface area contributed by atoms with Gasteiger partial charge in [-0.1, -0.05) is 18.8 Å². The van der Waals surface area contributed by atoms with E-state index in [2.05, 4.69) is 30.6 Å². The first-order valence-corrected chi connectivity index (χ1v) is 11.6. The lowest BCUT2D eigenvalue weighted by molar-refractivity contribution is -0.194. The highest BCUT2D eigenvalue weighted by Gasteiger charge is 2.40. The molecule has 0 bridgehead atoms. The van der Waals surface area contributed by atoms with Crippen LogP contribution < -0.4 is 0 Å². The van der Waals surface area contributed by atoms with Crippen LogP contribution in [-0.2, 0) is 9.47 Å². The standard InChI is InChI=1S/C26H40O2/c1-5-11-25(13-7-21(3)8-14-25)17-23-9-15-26(12-6-2,16-10-23)18-24-19-27-22(4)28-20-24/h21-24H,7-10,13-20H2,1-4H3. The van der Waals surface area contributed by atoms with E-state index >= 15 is 0 Å². The molecule has 28 heavy (non-hydrogen) atoms. The normalized spacial score (nSPS) is 41.3. The third kappa shape index (κ3) is 5.55. The van der Waals surface area contributed by atoms with Gasteiger partial charge in [0.05, 0.1) is 13.2 Å². The Bertz CT molecular complexity index is 604. The molecule has 2 saturated carbocycles. The number of rotatable bonds is 4. The van der Waals surface area contributed by atoms with Crippen molar-refractivity contribution in [3.8, 4) is 23.7 Å². The fraction of sp³-hybridized carbons (Fsp3) is 0.846. The van der Waals surface area contributed by atoms with E-state index in [-0.39, 0.29) is 11.7 Å². The molecule has 3 aliphatic rings. The summed E-state index contributed by atoms with van der Waals surface area (Å²) in [7, 11) is 0. The second-order valence-electron chi connectivity index (χ2n) is 9.95. The van der Waals surface area contributed by atoms with Gasteiger partial charge in [0, 0.05) is 16.7 Å². The average Bonchev–Trinajstić information content (AvgIpc) is 2.69. The minimum Gasteiger partial charge on any atom is -0.353 e. The molecule has 0 unspecified atom stereocenters. The van der Waals surface area contributed by atoms with Crippen molar-refractivity contribution in [3.05, 3.63) is 0 Å². The molecule has 2 nitrogen and oxygen atoms in total. The van der Waals surface area contributed by atoms with E-state index in [0.717, 1.165) is 31.5 Å². The molecule has 0 atom stereocenters. The van der Waals surface area contributed by atoms with Crippen LogP contribution in [0, 0.1) is 52.3 Å². The molecule has 0 radical (unpaired) electrons. The number of hydrogen-bond acceptors (Lipinski definition) is 2. The quantitative estimate of drug-likeness (QED) is 0.538. The Morgan fingerprint density at radius 1 is 0.714 bits per heavy atom.